The Kier molecular flexibility index (Phi) is 3.58. The van der Waals surface area contributed by atoms with Crippen molar-refractivity contribution in [2.45, 2.75) is 13.0 Å². The van der Waals surface area contributed by atoms with Gasteiger partial charge < -0.3 is 19.8 Å². The number of ether oxygens (including phenoxy) is 2. The standard InChI is InChI=1S/C15H16N2O3/c18-15(17-10-11-4-5-16-9-11)12-2-3-13-14(8-12)20-7-1-6-19-13/h2-5,8-9,16H,1,6-7,10H2,(H,17,18). The molecule has 5 heteroatoms. The molecule has 0 unspecified atom stereocenters. The number of hydrogen-bond acceptors (Lipinski definition) is 3. The number of H-pyrrole nitrogens is 1. The number of rotatable bonds is 3. The molecular formula is C15H16N2O3. The Labute approximate surface area is 116 Å². The molecule has 1 aliphatic rings. The maximum atomic E-state index is 12.1. The predicted molar refractivity (Wildman–Crippen MR) is 74.0 cm³/mol. The van der Waals surface area contributed by atoms with Gasteiger partial charge in [-0.1, -0.05) is 0 Å². The van der Waals surface area contributed by atoms with Crippen molar-refractivity contribution >= 4 is 5.91 Å². The Morgan fingerprint density at radius 1 is 1.20 bits per heavy atom. The van der Waals surface area contributed by atoms with Gasteiger partial charge in [-0.05, 0) is 29.8 Å². The van der Waals surface area contributed by atoms with E-state index in [1.54, 1.807) is 18.2 Å². The van der Waals surface area contributed by atoms with E-state index in [0.29, 0.717) is 36.8 Å². The van der Waals surface area contributed by atoms with Gasteiger partial charge in [0.2, 0.25) is 0 Å². The number of nitrogens with one attached hydrogen (secondary N) is 2. The summed E-state index contributed by atoms with van der Waals surface area (Å²) in [5, 5.41) is 2.87. The fourth-order valence-electron chi connectivity index (χ4n) is 2.06. The fourth-order valence-corrected chi connectivity index (χ4v) is 2.06. The van der Waals surface area contributed by atoms with Crippen molar-refractivity contribution in [1.82, 2.24) is 10.3 Å². The molecule has 0 saturated heterocycles. The first-order chi connectivity index (χ1) is 9.83. The molecule has 0 spiro atoms. The summed E-state index contributed by atoms with van der Waals surface area (Å²) in [5.74, 6) is 1.21. The first-order valence-electron chi connectivity index (χ1n) is 6.62. The van der Waals surface area contributed by atoms with Crippen molar-refractivity contribution in [2.75, 3.05) is 13.2 Å². The lowest BCUT2D eigenvalue weighted by atomic mass is 10.2. The van der Waals surface area contributed by atoms with Crippen LogP contribution >= 0.6 is 0 Å². The van der Waals surface area contributed by atoms with E-state index in [9.17, 15) is 4.79 Å². The van der Waals surface area contributed by atoms with Crippen LogP contribution in [0.3, 0.4) is 0 Å². The zero-order chi connectivity index (χ0) is 13.8. The molecule has 1 aromatic heterocycles. The number of hydrogen-bond donors (Lipinski definition) is 2. The second-order valence-corrected chi connectivity index (χ2v) is 4.61. The highest BCUT2D eigenvalue weighted by molar-refractivity contribution is 5.94. The largest absolute Gasteiger partial charge is 0.490 e. The summed E-state index contributed by atoms with van der Waals surface area (Å²) in [7, 11) is 0. The molecule has 0 radical (unpaired) electrons. The maximum absolute atomic E-state index is 12.1. The molecule has 2 N–H and O–H groups in total. The van der Waals surface area contributed by atoms with Gasteiger partial charge in [0.25, 0.3) is 5.91 Å². The topological polar surface area (TPSA) is 63.4 Å². The smallest absolute Gasteiger partial charge is 0.251 e. The van der Waals surface area contributed by atoms with Gasteiger partial charge in [0.1, 0.15) is 0 Å². The number of amides is 1. The summed E-state index contributed by atoms with van der Waals surface area (Å²) in [4.78, 5) is 15.0. The quantitative estimate of drug-likeness (QED) is 0.899. The van der Waals surface area contributed by atoms with Gasteiger partial charge >= 0.3 is 0 Å². The zero-order valence-electron chi connectivity index (χ0n) is 11.0. The van der Waals surface area contributed by atoms with Crippen LogP contribution in [-0.2, 0) is 6.54 Å². The Balaban J connectivity index is 1.70. The second-order valence-electron chi connectivity index (χ2n) is 4.61. The molecule has 0 aliphatic carbocycles. The van der Waals surface area contributed by atoms with Crippen molar-refractivity contribution in [1.29, 1.82) is 0 Å². The van der Waals surface area contributed by atoms with Crippen LogP contribution in [0.2, 0.25) is 0 Å². The summed E-state index contributed by atoms with van der Waals surface area (Å²) >= 11 is 0. The monoisotopic (exact) mass is 272 g/mol. The van der Waals surface area contributed by atoms with E-state index >= 15 is 0 Å². The number of benzene rings is 1. The lowest BCUT2D eigenvalue weighted by Crippen LogP contribution is -2.22. The highest BCUT2D eigenvalue weighted by Crippen LogP contribution is 2.30. The minimum absolute atomic E-state index is 0.123. The van der Waals surface area contributed by atoms with E-state index in [2.05, 4.69) is 10.3 Å². The van der Waals surface area contributed by atoms with E-state index in [1.807, 2.05) is 18.5 Å². The molecule has 20 heavy (non-hydrogen) atoms. The van der Waals surface area contributed by atoms with Crippen molar-refractivity contribution in [3.05, 3.63) is 47.8 Å². The minimum Gasteiger partial charge on any atom is -0.490 e. The van der Waals surface area contributed by atoms with Crippen LogP contribution in [0.15, 0.2) is 36.7 Å². The van der Waals surface area contributed by atoms with Gasteiger partial charge in [-0.2, -0.15) is 0 Å². The van der Waals surface area contributed by atoms with Crippen molar-refractivity contribution < 1.29 is 14.3 Å². The number of carbonyl (C=O) groups excluding carboxylic acids is 1. The third kappa shape index (κ3) is 2.77. The average molecular weight is 272 g/mol. The first-order valence-corrected chi connectivity index (χ1v) is 6.62. The lowest BCUT2D eigenvalue weighted by Gasteiger charge is -2.09. The molecule has 0 atom stereocenters. The Hall–Kier alpha value is -2.43. The van der Waals surface area contributed by atoms with E-state index < -0.39 is 0 Å². The molecule has 5 nitrogen and oxygen atoms in total. The molecule has 0 bridgehead atoms. The Morgan fingerprint density at radius 2 is 2.05 bits per heavy atom. The third-order valence-corrected chi connectivity index (χ3v) is 3.13. The molecule has 2 aromatic rings. The molecule has 104 valence electrons. The Morgan fingerprint density at radius 3 is 2.85 bits per heavy atom. The highest BCUT2D eigenvalue weighted by Gasteiger charge is 2.13. The van der Waals surface area contributed by atoms with Gasteiger partial charge in [0, 0.05) is 30.9 Å². The number of fused-ring (bicyclic) bond motifs is 1. The van der Waals surface area contributed by atoms with Crippen LogP contribution in [-0.4, -0.2) is 24.1 Å². The van der Waals surface area contributed by atoms with E-state index in [-0.39, 0.29) is 5.91 Å². The molecule has 0 saturated carbocycles. The van der Waals surface area contributed by atoms with Crippen molar-refractivity contribution in [2.24, 2.45) is 0 Å². The lowest BCUT2D eigenvalue weighted by molar-refractivity contribution is 0.0950. The van der Waals surface area contributed by atoms with Gasteiger partial charge in [0.15, 0.2) is 11.5 Å². The van der Waals surface area contributed by atoms with Gasteiger partial charge in [0.05, 0.1) is 13.2 Å². The molecule has 1 aromatic carbocycles. The SMILES string of the molecule is O=C(NCc1cc[nH]c1)c1ccc2c(c1)OCCCO2. The Bertz CT molecular complexity index is 593. The molecule has 1 aliphatic heterocycles. The summed E-state index contributed by atoms with van der Waals surface area (Å²) in [6.07, 6.45) is 4.53. The third-order valence-electron chi connectivity index (χ3n) is 3.13. The van der Waals surface area contributed by atoms with Crippen LogP contribution < -0.4 is 14.8 Å². The highest BCUT2D eigenvalue weighted by atomic mass is 16.5. The normalized spacial score (nSPS) is 13.6. The van der Waals surface area contributed by atoms with E-state index in [1.165, 1.54) is 0 Å². The van der Waals surface area contributed by atoms with Crippen LogP contribution in [0.4, 0.5) is 0 Å². The molecule has 1 amide bonds. The number of carbonyl (C=O) groups is 1. The van der Waals surface area contributed by atoms with Crippen molar-refractivity contribution in [3.63, 3.8) is 0 Å². The number of aromatic nitrogens is 1. The summed E-state index contributed by atoms with van der Waals surface area (Å²) in [5.41, 5.74) is 1.61. The average Bonchev–Trinajstić information content (AvgIpc) is 2.88. The fraction of sp³-hybridized carbons (Fsp3) is 0.267. The van der Waals surface area contributed by atoms with Gasteiger partial charge in [-0.3, -0.25) is 4.79 Å². The predicted octanol–water partition coefficient (Wildman–Crippen LogP) is 2.11. The van der Waals surface area contributed by atoms with Crippen molar-refractivity contribution in [3.8, 4) is 11.5 Å². The van der Waals surface area contributed by atoms with Crippen LogP contribution in [0.25, 0.3) is 0 Å². The van der Waals surface area contributed by atoms with E-state index in [4.69, 9.17) is 9.47 Å². The molecule has 3 rings (SSSR count). The summed E-state index contributed by atoms with van der Waals surface area (Å²) in [6, 6.07) is 7.19. The first kappa shape index (κ1) is 12.6. The van der Waals surface area contributed by atoms with E-state index in [0.717, 1.165) is 12.0 Å². The molecule has 2 heterocycles. The van der Waals surface area contributed by atoms with Gasteiger partial charge in [-0.25, -0.2) is 0 Å². The molecule has 0 fully saturated rings. The van der Waals surface area contributed by atoms with Gasteiger partial charge in [-0.15, -0.1) is 0 Å². The molecular weight excluding hydrogens is 256 g/mol. The number of aromatic amines is 1. The zero-order valence-corrected chi connectivity index (χ0v) is 11.0. The summed E-state index contributed by atoms with van der Waals surface area (Å²) < 4.78 is 11.1. The minimum atomic E-state index is -0.123. The maximum Gasteiger partial charge on any atom is 0.251 e. The second kappa shape index (κ2) is 5.69. The van der Waals surface area contributed by atoms with Crippen LogP contribution in [0, 0.1) is 0 Å². The van der Waals surface area contributed by atoms with Crippen LogP contribution in [0.5, 0.6) is 11.5 Å². The van der Waals surface area contributed by atoms with Crippen LogP contribution in [0.1, 0.15) is 22.3 Å². The summed E-state index contributed by atoms with van der Waals surface area (Å²) in [6.45, 7) is 1.75.